The number of nitrogen functional groups attached to an aromatic ring is 1. The zero-order chi connectivity index (χ0) is 13.8. The van der Waals surface area contributed by atoms with Crippen LogP contribution < -0.4 is 11.1 Å². The molecule has 1 aromatic carbocycles. The molecule has 6 heteroatoms. The van der Waals surface area contributed by atoms with E-state index >= 15 is 0 Å². The molecule has 0 saturated heterocycles. The van der Waals surface area contributed by atoms with Crippen molar-refractivity contribution >= 4 is 29.0 Å². The Morgan fingerprint density at radius 3 is 2.58 bits per heavy atom. The van der Waals surface area contributed by atoms with Gasteiger partial charge in [-0.25, -0.2) is 4.98 Å². The van der Waals surface area contributed by atoms with E-state index in [0.717, 1.165) is 0 Å². The summed E-state index contributed by atoms with van der Waals surface area (Å²) < 4.78 is 0. The largest absolute Gasteiger partial charge is 0.384 e. The number of pyridine rings is 1. The van der Waals surface area contributed by atoms with Gasteiger partial charge in [0.25, 0.3) is 5.91 Å². The summed E-state index contributed by atoms with van der Waals surface area (Å²) in [7, 11) is 0. The molecular formula is C13H9ClN4O. The molecule has 0 bridgehead atoms. The maximum atomic E-state index is 12.0. The first kappa shape index (κ1) is 12.9. The number of anilines is 2. The van der Waals surface area contributed by atoms with Gasteiger partial charge in [0.2, 0.25) is 0 Å². The molecule has 0 saturated carbocycles. The van der Waals surface area contributed by atoms with E-state index in [4.69, 9.17) is 22.6 Å². The Labute approximate surface area is 114 Å². The molecule has 1 amide bonds. The molecule has 94 valence electrons. The minimum atomic E-state index is -0.347. The van der Waals surface area contributed by atoms with Crippen LogP contribution >= 0.6 is 11.6 Å². The molecule has 5 nitrogen and oxygen atoms in total. The van der Waals surface area contributed by atoms with Crippen LogP contribution in [0.15, 0.2) is 36.4 Å². The Hall–Kier alpha value is -2.58. The Bertz CT molecular complexity index is 641. The molecule has 1 aromatic heterocycles. The van der Waals surface area contributed by atoms with Crippen molar-refractivity contribution in [2.75, 3.05) is 11.1 Å². The second-order valence-corrected chi connectivity index (χ2v) is 4.13. The number of carbonyl (C=O) groups excluding carboxylic acids is 1. The lowest BCUT2D eigenvalue weighted by atomic mass is 10.2. The molecule has 0 aliphatic heterocycles. The Morgan fingerprint density at radius 2 is 2.00 bits per heavy atom. The predicted molar refractivity (Wildman–Crippen MR) is 72.8 cm³/mol. The van der Waals surface area contributed by atoms with Crippen molar-refractivity contribution in [2.24, 2.45) is 0 Å². The summed E-state index contributed by atoms with van der Waals surface area (Å²) in [6.07, 6.45) is 0. The van der Waals surface area contributed by atoms with Crippen molar-refractivity contribution in [1.82, 2.24) is 4.98 Å². The van der Waals surface area contributed by atoms with Crippen molar-refractivity contribution in [3.05, 3.63) is 52.7 Å². The average molecular weight is 273 g/mol. The second kappa shape index (κ2) is 5.38. The molecule has 1 heterocycles. The molecule has 2 aromatic rings. The Balaban J connectivity index is 2.18. The van der Waals surface area contributed by atoms with Crippen LogP contribution in [0.5, 0.6) is 0 Å². The van der Waals surface area contributed by atoms with Crippen molar-refractivity contribution in [3.63, 3.8) is 0 Å². The number of nitriles is 1. The van der Waals surface area contributed by atoms with Crippen LogP contribution in [0.4, 0.5) is 11.5 Å². The number of hydrogen-bond donors (Lipinski definition) is 2. The molecule has 0 atom stereocenters. The summed E-state index contributed by atoms with van der Waals surface area (Å²) in [6.45, 7) is 0. The van der Waals surface area contributed by atoms with Crippen LogP contribution in [0.3, 0.4) is 0 Å². The number of rotatable bonds is 2. The maximum Gasteiger partial charge on any atom is 0.255 e. The molecular weight excluding hydrogens is 264 g/mol. The lowest BCUT2D eigenvalue weighted by Gasteiger charge is -2.06. The fourth-order valence-corrected chi connectivity index (χ4v) is 1.69. The molecule has 0 fully saturated rings. The number of benzene rings is 1. The molecule has 0 radical (unpaired) electrons. The summed E-state index contributed by atoms with van der Waals surface area (Å²) in [4.78, 5) is 15.7. The molecule has 0 aliphatic carbocycles. The summed E-state index contributed by atoms with van der Waals surface area (Å²) in [5.41, 5.74) is 6.94. The van der Waals surface area contributed by atoms with E-state index < -0.39 is 0 Å². The van der Waals surface area contributed by atoms with Crippen molar-refractivity contribution < 1.29 is 4.79 Å². The van der Waals surface area contributed by atoms with Crippen LogP contribution in [0, 0.1) is 11.3 Å². The van der Waals surface area contributed by atoms with Crippen LogP contribution in [-0.4, -0.2) is 10.9 Å². The first-order chi connectivity index (χ1) is 9.08. The molecule has 3 N–H and O–H groups in total. The van der Waals surface area contributed by atoms with E-state index in [9.17, 15) is 4.79 Å². The van der Waals surface area contributed by atoms with Gasteiger partial charge in [-0.2, -0.15) is 5.26 Å². The zero-order valence-corrected chi connectivity index (χ0v) is 10.5. The summed E-state index contributed by atoms with van der Waals surface area (Å²) in [6, 6.07) is 11.4. The number of halogens is 1. The van der Waals surface area contributed by atoms with Crippen LogP contribution in [0.2, 0.25) is 5.15 Å². The number of carbonyl (C=O) groups is 1. The van der Waals surface area contributed by atoms with Gasteiger partial charge in [-0.3, -0.25) is 4.79 Å². The average Bonchev–Trinajstić information content (AvgIpc) is 2.38. The second-order valence-electron chi connectivity index (χ2n) is 3.75. The Kier molecular flexibility index (Phi) is 3.64. The summed E-state index contributed by atoms with van der Waals surface area (Å²) in [5, 5.41) is 11.5. The normalized spacial score (nSPS) is 9.68. The smallest absolute Gasteiger partial charge is 0.255 e. The topological polar surface area (TPSA) is 91.8 Å². The number of aromatic nitrogens is 1. The van der Waals surface area contributed by atoms with Crippen molar-refractivity contribution in [3.8, 4) is 6.07 Å². The van der Waals surface area contributed by atoms with E-state index in [-0.39, 0.29) is 16.9 Å². The quantitative estimate of drug-likeness (QED) is 0.821. The van der Waals surface area contributed by atoms with Gasteiger partial charge in [0.05, 0.1) is 11.6 Å². The molecule has 2 rings (SSSR count). The minimum absolute atomic E-state index is 0.157. The zero-order valence-electron chi connectivity index (χ0n) is 9.72. The number of amides is 1. The fourth-order valence-electron chi connectivity index (χ4n) is 1.48. The van der Waals surface area contributed by atoms with E-state index in [0.29, 0.717) is 16.8 Å². The lowest BCUT2D eigenvalue weighted by Crippen LogP contribution is -2.12. The summed E-state index contributed by atoms with van der Waals surface area (Å²) >= 11 is 5.73. The molecule has 0 unspecified atom stereocenters. The van der Waals surface area contributed by atoms with Gasteiger partial charge < -0.3 is 11.1 Å². The third kappa shape index (κ3) is 3.21. The Morgan fingerprint density at radius 1 is 1.32 bits per heavy atom. The van der Waals surface area contributed by atoms with Crippen LogP contribution in [-0.2, 0) is 0 Å². The van der Waals surface area contributed by atoms with Gasteiger partial charge in [-0.15, -0.1) is 0 Å². The van der Waals surface area contributed by atoms with Gasteiger partial charge in [0.15, 0.2) is 0 Å². The van der Waals surface area contributed by atoms with E-state index in [2.05, 4.69) is 10.3 Å². The third-order valence-electron chi connectivity index (χ3n) is 2.35. The lowest BCUT2D eigenvalue weighted by molar-refractivity contribution is 0.102. The van der Waals surface area contributed by atoms with Gasteiger partial charge in [0.1, 0.15) is 11.0 Å². The maximum absolute atomic E-state index is 12.0. The molecule has 0 aliphatic rings. The molecule has 19 heavy (non-hydrogen) atoms. The highest BCUT2D eigenvalue weighted by molar-refractivity contribution is 6.30. The van der Waals surface area contributed by atoms with E-state index in [1.807, 2.05) is 6.07 Å². The number of nitrogens with two attached hydrogens (primary N) is 1. The van der Waals surface area contributed by atoms with Gasteiger partial charge in [-0.1, -0.05) is 11.6 Å². The monoisotopic (exact) mass is 272 g/mol. The van der Waals surface area contributed by atoms with E-state index in [1.165, 1.54) is 12.1 Å². The summed E-state index contributed by atoms with van der Waals surface area (Å²) in [5.74, 6) is -0.168. The number of hydrogen-bond acceptors (Lipinski definition) is 4. The van der Waals surface area contributed by atoms with Gasteiger partial charge in [0, 0.05) is 11.3 Å². The third-order valence-corrected chi connectivity index (χ3v) is 2.54. The van der Waals surface area contributed by atoms with E-state index in [1.54, 1.807) is 24.3 Å². The first-order valence-electron chi connectivity index (χ1n) is 5.33. The standard InChI is InChI=1S/C13H9ClN4O/c14-11-5-9(6-12(16)18-11)13(19)17-10-3-1-8(7-15)2-4-10/h1-6H,(H2,16,18)(H,17,19). The molecule has 0 spiro atoms. The van der Waals surface area contributed by atoms with Crippen LogP contribution in [0.1, 0.15) is 15.9 Å². The highest BCUT2D eigenvalue weighted by Crippen LogP contribution is 2.15. The van der Waals surface area contributed by atoms with Gasteiger partial charge in [-0.05, 0) is 36.4 Å². The number of nitrogens with zero attached hydrogens (tertiary/aromatic N) is 2. The van der Waals surface area contributed by atoms with Gasteiger partial charge >= 0.3 is 0 Å². The SMILES string of the molecule is N#Cc1ccc(NC(=O)c2cc(N)nc(Cl)c2)cc1. The predicted octanol–water partition coefficient (Wildman–Crippen LogP) is 2.44. The minimum Gasteiger partial charge on any atom is -0.384 e. The van der Waals surface area contributed by atoms with Crippen molar-refractivity contribution in [2.45, 2.75) is 0 Å². The highest BCUT2D eigenvalue weighted by Gasteiger charge is 2.08. The van der Waals surface area contributed by atoms with Crippen LogP contribution in [0.25, 0.3) is 0 Å². The fraction of sp³-hybridized carbons (Fsp3) is 0. The first-order valence-corrected chi connectivity index (χ1v) is 5.71. The number of nitrogens with one attached hydrogen (secondary N) is 1. The highest BCUT2D eigenvalue weighted by atomic mass is 35.5. The van der Waals surface area contributed by atoms with Crippen molar-refractivity contribution in [1.29, 1.82) is 5.26 Å².